The average molecular weight is 234 g/mol. The number of nitrogens with one attached hydrogen (secondary N) is 2. The van der Waals surface area contributed by atoms with Gasteiger partial charge in [-0.3, -0.25) is 4.79 Å². The third kappa shape index (κ3) is 4.19. The second kappa shape index (κ2) is 6.40. The van der Waals surface area contributed by atoms with Crippen LogP contribution in [0.3, 0.4) is 0 Å². The summed E-state index contributed by atoms with van der Waals surface area (Å²) in [6.45, 7) is 9.45. The maximum atomic E-state index is 11.6. The third-order valence-electron chi connectivity index (χ3n) is 2.74. The molecule has 0 unspecified atom stereocenters. The maximum absolute atomic E-state index is 11.6. The number of anilines is 1. The lowest BCUT2D eigenvalue weighted by molar-refractivity contribution is -0.115. The van der Waals surface area contributed by atoms with Crippen LogP contribution in [-0.2, 0) is 4.79 Å². The van der Waals surface area contributed by atoms with Crippen LogP contribution in [-0.4, -0.2) is 19.0 Å². The molecule has 2 N–H and O–H groups in total. The molecule has 0 aliphatic heterocycles. The lowest BCUT2D eigenvalue weighted by atomic mass is 10.0. The fourth-order valence-electron chi connectivity index (χ4n) is 1.57. The lowest BCUT2D eigenvalue weighted by Crippen LogP contribution is -2.28. The molecule has 0 aliphatic carbocycles. The van der Waals surface area contributed by atoms with Crippen LogP contribution in [0, 0.1) is 6.92 Å². The monoisotopic (exact) mass is 234 g/mol. The van der Waals surface area contributed by atoms with Crippen molar-refractivity contribution in [2.24, 2.45) is 0 Å². The van der Waals surface area contributed by atoms with Crippen LogP contribution in [0.1, 0.15) is 37.8 Å². The standard InChI is InChI=1S/C14H22N2O/c1-5-15-9-14(17)16-13-8-12(10(2)3)7-6-11(13)4/h6-8,10,15H,5,9H2,1-4H3,(H,16,17). The molecule has 0 saturated carbocycles. The van der Waals surface area contributed by atoms with E-state index in [0.29, 0.717) is 12.5 Å². The van der Waals surface area contributed by atoms with E-state index in [1.54, 1.807) is 0 Å². The molecular formula is C14H22N2O. The van der Waals surface area contributed by atoms with Crippen LogP contribution in [0.2, 0.25) is 0 Å². The van der Waals surface area contributed by atoms with E-state index in [-0.39, 0.29) is 5.91 Å². The highest BCUT2D eigenvalue weighted by Gasteiger charge is 2.06. The Labute approximate surface area is 104 Å². The fraction of sp³-hybridized carbons (Fsp3) is 0.500. The zero-order valence-electron chi connectivity index (χ0n) is 11.1. The molecule has 0 bridgehead atoms. The first-order valence-corrected chi connectivity index (χ1v) is 6.15. The van der Waals surface area contributed by atoms with Gasteiger partial charge in [0.15, 0.2) is 0 Å². The lowest BCUT2D eigenvalue weighted by Gasteiger charge is -2.12. The number of hydrogen-bond acceptors (Lipinski definition) is 2. The predicted octanol–water partition coefficient (Wildman–Crippen LogP) is 2.67. The van der Waals surface area contributed by atoms with E-state index in [1.165, 1.54) is 5.56 Å². The number of likely N-dealkylation sites (N-methyl/N-ethyl adjacent to an activating group) is 1. The normalized spacial score (nSPS) is 10.6. The number of amides is 1. The minimum Gasteiger partial charge on any atom is -0.325 e. The summed E-state index contributed by atoms with van der Waals surface area (Å²) < 4.78 is 0. The molecule has 1 rings (SSSR count). The van der Waals surface area contributed by atoms with E-state index >= 15 is 0 Å². The van der Waals surface area contributed by atoms with Crippen molar-refractivity contribution >= 4 is 11.6 Å². The van der Waals surface area contributed by atoms with E-state index in [0.717, 1.165) is 17.8 Å². The molecule has 94 valence electrons. The van der Waals surface area contributed by atoms with Gasteiger partial charge >= 0.3 is 0 Å². The van der Waals surface area contributed by atoms with Gasteiger partial charge < -0.3 is 10.6 Å². The SMILES string of the molecule is CCNCC(=O)Nc1cc(C(C)C)ccc1C. The number of hydrogen-bond donors (Lipinski definition) is 2. The highest BCUT2D eigenvalue weighted by molar-refractivity contribution is 5.93. The molecule has 1 amide bonds. The van der Waals surface area contributed by atoms with Crippen LogP contribution in [0.15, 0.2) is 18.2 Å². The Kier molecular flexibility index (Phi) is 5.16. The largest absolute Gasteiger partial charge is 0.325 e. The molecule has 0 atom stereocenters. The van der Waals surface area contributed by atoms with E-state index in [2.05, 4.69) is 42.7 Å². The Hall–Kier alpha value is -1.35. The van der Waals surface area contributed by atoms with Crippen molar-refractivity contribution in [3.05, 3.63) is 29.3 Å². The summed E-state index contributed by atoms with van der Waals surface area (Å²) in [5.41, 5.74) is 3.26. The predicted molar refractivity (Wildman–Crippen MR) is 72.4 cm³/mol. The van der Waals surface area contributed by atoms with Gasteiger partial charge in [0.05, 0.1) is 6.54 Å². The molecule has 0 fully saturated rings. The van der Waals surface area contributed by atoms with Crippen LogP contribution >= 0.6 is 0 Å². The van der Waals surface area contributed by atoms with Gasteiger partial charge in [0.2, 0.25) is 5.91 Å². The highest BCUT2D eigenvalue weighted by Crippen LogP contribution is 2.22. The van der Waals surface area contributed by atoms with Crippen LogP contribution in [0.5, 0.6) is 0 Å². The molecule has 0 aromatic heterocycles. The first-order chi connectivity index (χ1) is 8.04. The minimum atomic E-state index is 0.0101. The zero-order chi connectivity index (χ0) is 12.8. The van der Waals surface area contributed by atoms with Gasteiger partial charge in [0.25, 0.3) is 0 Å². The molecule has 17 heavy (non-hydrogen) atoms. The summed E-state index contributed by atoms with van der Waals surface area (Å²) >= 11 is 0. The molecule has 1 aromatic rings. The second-order valence-corrected chi connectivity index (χ2v) is 4.56. The molecule has 0 radical (unpaired) electrons. The number of carbonyl (C=O) groups is 1. The summed E-state index contributed by atoms with van der Waals surface area (Å²) in [7, 11) is 0. The second-order valence-electron chi connectivity index (χ2n) is 4.56. The van der Waals surface area contributed by atoms with Crippen molar-refractivity contribution in [3.63, 3.8) is 0 Å². The highest BCUT2D eigenvalue weighted by atomic mass is 16.1. The van der Waals surface area contributed by atoms with Gasteiger partial charge in [-0.2, -0.15) is 0 Å². The summed E-state index contributed by atoms with van der Waals surface area (Å²) in [6.07, 6.45) is 0. The molecule has 0 spiro atoms. The maximum Gasteiger partial charge on any atom is 0.238 e. The van der Waals surface area contributed by atoms with Crippen molar-refractivity contribution in [1.82, 2.24) is 5.32 Å². The van der Waals surface area contributed by atoms with E-state index < -0.39 is 0 Å². The zero-order valence-corrected chi connectivity index (χ0v) is 11.1. The van der Waals surface area contributed by atoms with Crippen molar-refractivity contribution in [2.75, 3.05) is 18.4 Å². The number of carbonyl (C=O) groups excluding carboxylic acids is 1. The Bertz CT molecular complexity index is 386. The van der Waals surface area contributed by atoms with Crippen molar-refractivity contribution < 1.29 is 4.79 Å². The van der Waals surface area contributed by atoms with Crippen LogP contribution in [0.25, 0.3) is 0 Å². The molecule has 0 saturated heterocycles. The van der Waals surface area contributed by atoms with Gasteiger partial charge in [0.1, 0.15) is 0 Å². The molecular weight excluding hydrogens is 212 g/mol. The van der Waals surface area contributed by atoms with Crippen molar-refractivity contribution in [2.45, 2.75) is 33.6 Å². The van der Waals surface area contributed by atoms with Gasteiger partial charge in [-0.15, -0.1) is 0 Å². The minimum absolute atomic E-state index is 0.0101. The molecule has 1 aromatic carbocycles. The molecule has 0 aliphatic rings. The van der Waals surface area contributed by atoms with Gasteiger partial charge in [0, 0.05) is 5.69 Å². The van der Waals surface area contributed by atoms with E-state index in [9.17, 15) is 4.79 Å². The molecule has 3 heteroatoms. The first-order valence-electron chi connectivity index (χ1n) is 6.15. The van der Waals surface area contributed by atoms with Gasteiger partial charge in [-0.25, -0.2) is 0 Å². The Morgan fingerprint density at radius 3 is 2.65 bits per heavy atom. The fourth-order valence-corrected chi connectivity index (χ4v) is 1.57. The quantitative estimate of drug-likeness (QED) is 0.822. The summed E-state index contributed by atoms with van der Waals surface area (Å²) in [5, 5.41) is 5.95. The summed E-state index contributed by atoms with van der Waals surface area (Å²) in [4.78, 5) is 11.6. The number of rotatable bonds is 5. The first kappa shape index (κ1) is 13.7. The third-order valence-corrected chi connectivity index (χ3v) is 2.74. The Morgan fingerprint density at radius 2 is 2.06 bits per heavy atom. The van der Waals surface area contributed by atoms with E-state index in [4.69, 9.17) is 0 Å². The topological polar surface area (TPSA) is 41.1 Å². The van der Waals surface area contributed by atoms with Crippen molar-refractivity contribution in [3.8, 4) is 0 Å². The molecule has 3 nitrogen and oxygen atoms in total. The number of aryl methyl sites for hydroxylation is 1. The Balaban J connectivity index is 2.75. The molecule has 0 heterocycles. The summed E-state index contributed by atoms with van der Waals surface area (Å²) in [5.74, 6) is 0.482. The average Bonchev–Trinajstić information content (AvgIpc) is 2.29. The van der Waals surface area contributed by atoms with Crippen LogP contribution < -0.4 is 10.6 Å². The number of benzene rings is 1. The van der Waals surface area contributed by atoms with Gasteiger partial charge in [-0.05, 0) is 36.6 Å². The Morgan fingerprint density at radius 1 is 1.35 bits per heavy atom. The van der Waals surface area contributed by atoms with E-state index in [1.807, 2.05) is 13.8 Å². The van der Waals surface area contributed by atoms with Gasteiger partial charge in [-0.1, -0.05) is 32.9 Å². The van der Waals surface area contributed by atoms with Crippen LogP contribution in [0.4, 0.5) is 5.69 Å². The summed E-state index contributed by atoms with van der Waals surface area (Å²) in [6, 6.07) is 6.22. The van der Waals surface area contributed by atoms with Crippen molar-refractivity contribution in [1.29, 1.82) is 0 Å². The smallest absolute Gasteiger partial charge is 0.238 e.